The Bertz CT molecular complexity index is 516. The monoisotopic (exact) mass is 231 g/mol. The van der Waals surface area contributed by atoms with E-state index in [0.29, 0.717) is 0 Å². The Hall–Kier alpha value is -1.77. The van der Waals surface area contributed by atoms with Gasteiger partial charge in [0.25, 0.3) is 0 Å². The molecule has 1 heterocycles. The number of hydrogen-bond donors (Lipinski definition) is 2. The number of fused-ring (bicyclic) bond motifs is 1. The molecule has 2 rings (SSSR count). The number of carboxylic acids is 1. The highest BCUT2D eigenvalue weighted by Gasteiger charge is 2.17. The van der Waals surface area contributed by atoms with Gasteiger partial charge in [0.1, 0.15) is 0 Å². The summed E-state index contributed by atoms with van der Waals surface area (Å²) in [6.07, 6.45) is 4.06. The van der Waals surface area contributed by atoms with Gasteiger partial charge in [-0.1, -0.05) is 31.5 Å². The van der Waals surface area contributed by atoms with Gasteiger partial charge in [0.05, 0.1) is 6.42 Å². The average molecular weight is 231 g/mol. The normalized spacial score (nSPS) is 12.8. The molecule has 0 radical (unpaired) electrons. The summed E-state index contributed by atoms with van der Waals surface area (Å²) in [5.41, 5.74) is 2.21. The molecule has 0 aliphatic heterocycles. The highest BCUT2D eigenvalue weighted by molar-refractivity contribution is 5.84. The molecule has 3 nitrogen and oxygen atoms in total. The lowest BCUT2D eigenvalue weighted by Gasteiger charge is -2.12. The van der Waals surface area contributed by atoms with Crippen molar-refractivity contribution < 1.29 is 9.90 Å². The minimum Gasteiger partial charge on any atom is -0.481 e. The molecule has 1 atom stereocenters. The van der Waals surface area contributed by atoms with E-state index in [-0.39, 0.29) is 12.3 Å². The summed E-state index contributed by atoms with van der Waals surface area (Å²) in [4.78, 5) is 14.1. The van der Waals surface area contributed by atoms with Crippen LogP contribution in [0.1, 0.15) is 37.7 Å². The minimum absolute atomic E-state index is 0.105. The number of H-pyrrole nitrogens is 1. The first-order chi connectivity index (χ1) is 8.22. The van der Waals surface area contributed by atoms with Gasteiger partial charge in [0, 0.05) is 17.1 Å². The lowest BCUT2D eigenvalue weighted by molar-refractivity contribution is -0.137. The molecule has 0 amide bonds. The summed E-state index contributed by atoms with van der Waals surface area (Å²) in [7, 11) is 0. The molecule has 1 unspecified atom stereocenters. The first kappa shape index (κ1) is 11.7. The number of aliphatic carboxylic acids is 1. The number of aromatic amines is 1. The summed E-state index contributed by atoms with van der Waals surface area (Å²) in [5.74, 6) is -0.623. The average Bonchev–Trinajstić information content (AvgIpc) is 2.71. The third-order valence-corrected chi connectivity index (χ3v) is 3.12. The summed E-state index contributed by atoms with van der Waals surface area (Å²) >= 11 is 0. The van der Waals surface area contributed by atoms with Crippen LogP contribution in [0.5, 0.6) is 0 Å². The molecule has 0 aliphatic carbocycles. The van der Waals surface area contributed by atoms with E-state index >= 15 is 0 Å². The van der Waals surface area contributed by atoms with Crippen molar-refractivity contribution in [1.82, 2.24) is 4.98 Å². The maximum atomic E-state index is 10.9. The van der Waals surface area contributed by atoms with Gasteiger partial charge in [0.2, 0.25) is 0 Å². The maximum absolute atomic E-state index is 10.9. The molecule has 0 bridgehead atoms. The summed E-state index contributed by atoms with van der Waals surface area (Å²) in [5, 5.41) is 10.1. The molecular weight excluding hydrogens is 214 g/mol. The molecule has 17 heavy (non-hydrogen) atoms. The zero-order chi connectivity index (χ0) is 12.3. The Morgan fingerprint density at radius 2 is 2.18 bits per heavy atom. The van der Waals surface area contributed by atoms with Gasteiger partial charge in [-0.05, 0) is 24.0 Å². The van der Waals surface area contributed by atoms with E-state index in [2.05, 4.69) is 11.9 Å². The lowest BCUT2D eigenvalue weighted by atomic mass is 9.91. The van der Waals surface area contributed by atoms with Gasteiger partial charge in [-0.3, -0.25) is 4.79 Å². The van der Waals surface area contributed by atoms with Crippen molar-refractivity contribution >= 4 is 16.9 Å². The molecule has 2 N–H and O–H groups in total. The smallest absolute Gasteiger partial charge is 0.303 e. The van der Waals surface area contributed by atoms with Gasteiger partial charge < -0.3 is 10.1 Å². The van der Waals surface area contributed by atoms with E-state index in [1.165, 1.54) is 0 Å². The quantitative estimate of drug-likeness (QED) is 0.827. The SMILES string of the molecule is CCCC(CC(=O)O)c1c[nH]c2ccccc12. The number of nitrogens with one attached hydrogen (secondary N) is 1. The van der Waals surface area contributed by atoms with E-state index in [1.54, 1.807) is 0 Å². The van der Waals surface area contributed by atoms with Crippen molar-refractivity contribution in [3.63, 3.8) is 0 Å². The van der Waals surface area contributed by atoms with Crippen molar-refractivity contribution in [2.24, 2.45) is 0 Å². The fourth-order valence-corrected chi connectivity index (χ4v) is 2.36. The largest absolute Gasteiger partial charge is 0.481 e. The Morgan fingerprint density at radius 3 is 2.88 bits per heavy atom. The fourth-order valence-electron chi connectivity index (χ4n) is 2.36. The highest BCUT2D eigenvalue weighted by atomic mass is 16.4. The summed E-state index contributed by atoms with van der Waals surface area (Å²) < 4.78 is 0. The van der Waals surface area contributed by atoms with Crippen LogP contribution in [0, 0.1) is 0 Å². The second-order valence-corrected chi connectivity index (χ2v) is 4.37. The molecule has 1 aromatic heterocycles. The van der Waals surface area contributed by atoms with E-state index in [0.717, 1.165) is 29.3 Å². The van der Waals surface area contributed by atoms with Crippen LogP contribution in [-0.2, 0) is 4.79 Å². The Kier molecular flexibility index (Phi) is 3.47. The van der Waals surface area contributed by atoms with E-state index in [4.69, 9.17) is 5.11 Å². The second kappa shape index (κ2) is 5.04. The van der Waals surface area contributed by atoms with Crippen molar-refractivity contribution in [3.05, 3.63) is 36.0 Å². The third-order valence-electron chi connectivity index (χ3n) is 3.12. The van der Waals surface area contributed by atoms with Crippen LogP contribution in [-0.4, -0.2) is 16.1 Å². The molecule has 2 aromatic rings. The molecule has 0 spiro atoms. The molecule has 0 saturated heterocycles. The number of rotatable bonds is 5. The first-order valence-corrected chi connectivity index (χ1v) is 6.00. The molecule has 0 fully saturated rings. The van der Waals surface area contributed by atoms with E-state index < -0.39 is 5.97 Å². The third kappa shape index (κ3) is 2.49. The van der Waals surface area contributed by atoms with Crippen molar-refractivity contribution in [2.75, 3.05) is 0 Å². The molecule has 3 heteroatoms. The summed E-state index contributed by atoms with van der Waals surface area (Å²) in [6, 6.07) is 8.03. The van der Waals surface area contributed by atoms with Crippen LogP contribution < -0.4 is 0 Å². The Labute approximate surface area is 100 Å². The minimum atomic E-state index is -0.728. The number of benzene rings is 1. The van der Waals surface area contributed by atoms with Crippen molar-refractivity contribution in [2.45, 2.75) is 32.1 Å². The number of carbonyl (C=O) groups is 1. The van der Waals surface area contributed by atoms with Crippen molar-refractivity contribution in [1.29, 1.82) is 0 Å². The Morgan fingerprint density at radius 1 is 1.41 bits per heavy atom. The zero-order valence-corrected chi connectivity index (χ0v) is 9.94. The predicted octanol–water partition coefficient (Wildman–Crippen LogP) is 3.53. The highest BCUT2D eigenvalue weighted by Crippen LogP contribution is 2.31. The number of hydrogen-bond acceptors (Lipinski definition) is 1. The number of carboxylic acid groups (broad SMARTS) is 1. The second-order valence-electron chi connectivity index (χ2n) is 4.37. The van der Waals surface area contributed by atoms with E-state index in [9.17, 15) is 4.79 Å². The van der Waals surface area contributed by atoms with Gasteiger partial charge in [-0.2, -0.15) is 0 Å². The van der Waals surface area contributed by atoms with Gasteiger partial charge >= 0.3 is 5.97 Å². The van der Waals surface area contributed by atoms with Crippen LogP contribution in [0.25, 0.3) is 10.9 Å². The molecule has 1 aromatic carbocycles. The molecule has 90 valence electrons. The van der Waals surface area contributed by atoms with Gasteiger partial charge in [-0.15, -0.1) is 0 Å². The molecular formula is C14H17NO2. The van der Waals surface area contributed by atoms with E-state index in [1.807, 2.05) is 30.5 Å². The van der Waals surface area contributed by atoms with Crippen LogP contribution in [0.15, 0.2) is 30.5 Å². The maximum Gasteiger partial charge on any atom is 0.303 e. The first-order valence-electron chi connectivity index (χ1n) is 6.00. The fraction of sp³-hybridized carbons (Fsp3) is 0.357. The molecule has 0 saturated carbocycles. The Balaban J connectivity index is 2.37. The van der Waals surface area contributed by atoms with Crippen LogP contribution in [0.4, 0.5) is 0 Å². The lowest BCUT2D eigenvalue weighted by Crippen LogP contribution is -2.05. The number of aromatic nitrogens is 1. The van der Waals surface area contributed by atoms with Crippen LogP contribution in [0.2, 0.25) is 0 Å². The predicted molar refractivity (Wildman–Crippen MR) is 68.2 cm³/mol. The van der Waals surface area contributed by atoms with Crippen LogP contribution >= 0.6 is 0 Å². The standard InChI is InChI=1S/C14H17NO2/c1-2-5-10(8-14(16)17)12-9-15-13-7-4-3-6-11(12)13/h3-4,6-7,9-10,15H,2,5,8H2,1H3,(H,16,17). The van der Waals surface area contributed by atoms with Gasteiger partial charge in [0.15, 0.2) is 0 Å². The zero-order valence-electron chi connectivity index (χ0n) is 9.94. The van der Waals surface area contributed by atoms with Crippen LogP contribution in [0.3, 0.4) is 0 Å². The topological polar surface area (TPSA) is 53.1 Å². The summed E-state index contributed by atoms with van der Waals surface area (Å²) in [6.45, 7) is 2.09. The van der Waals surface area contributed by atoms with Gasteiger partial charge in [-0.25, -0.2) is 0 Å². The van der Waals surface area contributed by atoms with Crippen molar-refractivity contribution in [3.8, 4) is 0 Å². The number of para-hydroxylation sites is 1. The molecule has 0 aliphatic rings.